The number of fused-ring (bicyclic) bond motifs is 5. The van der Waals surface area contributed by atoms with Crippen LogP contribution in [-0.4, -0.2) is 23.8 Å². The monoisotopic (exact) mass is 261 g/mol. The zero-order valence-electron chi connectivity index (χ0n) is 12.9. The van der Waals surface area contributed by atoms with E-state index in [0.717, 1.165) is 0 Å². The first-order valence-electron chi connectivity index (χ1n) is 7.04. The molecule has 0 radical (unpaired) electrons. The van der Waals surface area contributed by atoms with Gasteiger partial charge >= 0.3 is 0 Å². The second-order valence-electron chi connectivity index (χ2n) is 7.47. The van der Waals surface area contributed by atoms with Crippen LogP contribution in [0.25, 0.3) is 0 Å². The molecule has 0 aromatic rings. The van der Waals surface area contributed by atoms with Crippen LogP contribution in [0.15, 0.2) is 11.1 Å². The predicted molar refractivity (Wildman–Crippen MR) is 73.1 cm³/mol. The average molecular weight is 261 g/mol. The topological polar surface area (TPSA) is 37.4 Å². The number of allylic oxidation sites excluding steroid dienone is 2. The molecule has 104 valence electrons. The maximum absolute atomic E-state index is 12.6. The van der Waals surface area contributed by atoms with Gasteiger partial charge in [-0.25, -0.2) is 0 Å². The highest BCUT2D eigenvalue weighted by molar-refractivity contribution is 6.07. The molecule has 0 aromatic heterocycles. The van der Waals surface area contributed by atoms with E-state index in [0.29, 0.717) is 0 Å². The van der Waals surface area contributed by atoms with Gasteiger partial charge in [0.1, 0.15) is 0 Å². The molecule has 3 heteroatoms. The highest BCUT2D eigenvalue weighted by atomic mass is 16.2. The molecule has 19 heavy (non-hydrogen) atoms. The normalized spacial score (nSPS) is 47.4. The summed E-state index contributed by atoms with van der Waals surface area (Å²) in [5.74, 6) is -0.315. The van der Waals surface area contributed by atoms with Crippen molar-refractivity contribution in [1.29, 1.82) is 0 Å². The molecule has 3 rings (SSSR count). The Kier molecular flexibility index (Phi) is 2.01. The molecule has 2 amide bonds. The highest BCUT2D eigenvalue weighted by Crippen LogP contribution is 2.79. The van der Waals surface area contributed by atoms with Crippen LogP contribution < -0.4 is 0 Å². The maximum Gasteiger partial charge on any atom is 0.233 e. The number of carbonyl (C=O) groups is 2. The summed E-state index contributed by atoms with van der Waals surface area (Å²) in [4.78, 5) is 26.5. The van der Waals surface area contributed by atoms with Crippen LogP contribution in [0.4, 0.5) is 0 Å². The van der Waals surface area contributed by atoms with Crippen molar-refractivity contribution in [3.05, 3.63) is 11.1 Å². The lowest BCUT2D eigenvalue weighted by atomic mass is 9.61. The lowest BCUT2D eigenvalue weighted by Crippen LogP contribution is -2.43. The first-order chi connectivity index (χ1) is 8.54. The molecule has 0 aromatic carbocycles. The highest BCUT2D eigenvalue weighted by Gasteiger charge is 2.79. The van der Waals surface area contributed by atoms with Crippen LogP contribution in [0.3, 0.4) is 0 Å². The van der Waals surface area contributed by atoms with Crippen LogP contribution >= 0.6 is 0 Å². The molecule has 4 unspecified atom stereocenters. The van der Waals surface area contributed by atoms with Gasteiger partial charge in [-0.3, -0.25) is 14.5 Å². The van der Waals surface area contributed by atoms with E-state index in [-0.39, 0.29) is 39.9 Å². The molecule has 2 aliphatic carbocycles. The summed E-state index contributed by atoms with van der Waals surface area (Å²) < 4.78 is 0. The van der Waals surface area contributed by atoms with Crippen LogP contribution in [0.5, 0.6) is 0 Å². The van der Waals surface area contributed by atoms with Crippen LogP contribution in [0, 0.1) is 28.1 Å². The smallest absolute Gasteiger partial charge is 0.233 e. The first-order valence-corrected chi connectivity index (χ1v) is 7.04. The van der Waals surface area contributed by atoms with Crippen molar-refractivity contribution in [3.8, 4) is 0 Å². The number of amides is 2. The minimum Gasteiger partial charge on any atom is -0.285 e. The SMILES string of the molecule is CC1=C(C)C2(C)C3C(=O)N(C)C(=O)C3C1(C)C2(C)C. The van der Waals surface area contributed by atoms with E-state index in [1.807, 2.05) is 0 Å². The number of likely N-dealkylation sites (tertiary alicyclic amines) is 1. The largest absolute Gasteiger partial charge is 0.285 e. The maximum atomic E-state index is 12.6. The quantitative estimate of drug-likeness (QED) is 0.496. The third-order valence-corrected chi connectivity index (χ3v) is 7.49. The summed E-state index contributed by atoms with van der Waals surface area (Å²) in [5.41, 5.74) is 2.17. The van der Waals surface area contributed by atoms with E-state index in [1.165, 1.54) is 16.0 Å². The van der Waals surface area contributed by atoms with Crippen molar-refractivity contribution < 1.29 is 9.59 Å². The van der Waals surface area contributed by atoms with Crippen molar-refractivity contribution in [2.24, 2.45) is 28.1 Å². The summed E-state index contributed by atoms with van der Waals surface area (Å²) in [6.07, 6.45) is 0. The van der Waals surface area contributed by atoms with Gasteiger partial charge in [0.25, 0.3) is 0 Å². The molecule has 2 fully saturated rings. The molecular formula is C16H23NO2. The van der Waals surface area contributed by atoms with Crippen LogP contribution in [0.1, 0.15) is 41.5 Å². The van der Waals surface area contributed by atoms with Gasteiger partial charge in [0.2, 0.25) is 11.8 Å². The fourth-order valence-electron chi connectivity index (χ4n) is 5.47. The van der Waals surface area contributed by atoms with Crippen molar-refractivity contribution >= 4 is 11.8 Å². The average Bonchev–Trinajstić information content (AvgIpc) is 2.69. The Morgan fingerprint density at radius 1 is 0.842 bits per heavy atom. The number of carbonyl (C=O) groups excluding carboxylic acids is 2. The van der Waals surface area contributed by atoms with E-state index in [1.54, 1.807) is 7.05 Å². The summed E-state index contributed by atoms with van der Waals surface area (Å²) in [6.45, 7) is 13.1. The fraction of sp³-hybridized carbons (Fsp3) is 0.750. The van der Waals surface area contributed by atoms with Gasteiger partial charge in [0.15, 0.2) is 0 Å². The standard InChI is InChI=1S/C16H23NO2/c1-8-9(2)16(6)11-10(12(18)17(7)13(11)19)15(8,5)14(16,3)4/h10-11H,1-7H3. The fourth-order valence-corrected chi connectivity index (χ4v) is 5.47. The van der Waals surface area contributed by atoms with Gasteiger partial charge < -0.3 is 0 Å². The van der Waals surface area contributed by atoms with Gasteiger partial charge in [0.05, 0.1) is 11.8 Å². The molecule has 1 aliphatic heterocycles. The lowest BCUT2D eigenvalue weighted by molar-refractivity contribution is -0.141. The van der Waals surface area contributed by atoms with E-state index in [2.05, 4.69) is 41.5 Å². The van der Waals surface area contributed by atoms with Crippen molar-refractivity contribution in [2.45, 2.75) is 41.5 Å². The molecule has 3 nitrogen and oxygen atoms in total. The molecule has 3 aliphatic rings. The summed E-state index contributed by atoms with van der Waals surface area (Å²) in [7, 11) is 1.63. The molecule has 1 saturated carbocycles. The molecule has 2 bridgehead atoms. The van der Waals surface area contributed by atoms with E-state index >= 15 is 0 Å². The summed E-state index contributed by atoms with van der Waals surface area (Å²) in [6, 6.07) is 0. The number of imide groups is 1. The van der Waals surface area contributed by atoms with Gasteiger partial charge in [-0.1, -0.05) is 38.8 Å². The van der Waals surface area contributed by atoms with E-state index in [9.17, 15) is 9.59 Å². The Labute approximate surface area is 115 Å². The Bertz CT molecular complexity index is 513. The minimum absolute atomic E-state index is 0.0150. The lowest BCUT2D eigenvalue weighted by Gasteiger charge is -2.43. The summed E-state index contributed by atoms with van der Waals surface area (Å²) in [5, 5.41) is 0. The molecule has 4 atom stereocenters. The first kappa shape index (κ1) is 12.9. The van der Waals surface area contributed by atoms with Crippen molar-refractivity contribution in [3.63, 3.8) is 0 Å². The number of hydrogen-bond acceptors (Lipinski definition) is 2. The number of nitrogens with zero attached hydrogens (tertiary/aromatic N) is 1. The van der Waals surface area contributed by atoms with E-state index in [4.69, 9.17) is 0 Å². The Hall–Kier alpha value is -1.12. The zero-order chi connectivity index (χ0) is 14.5. The van der Waals surface area contributed by atoms with Crippen molar-refractivity contribution in [1.82, 2.24) is 4.90 Å². The number of rotatable bonds is 0. The molecular weight excluding hydrogens is 238 g/mol. The Morgan fingerprint density at radius 3 is 1.47 bits per heavy atom. The second-order valence-corrected chi connectivity index (χ2v) is 7.47. The second kappa shape index (κ2) is 2.97. The van der Waals surface area contributed by atoms with E-state index < -0.39 is 0 Å². The van der Waals surface area contributed by atoms with Gasteiger partial charge in [-0.05, 0) is 19.3 Å². The zero-order valence-corrected chi connectivity index (χ0v) is 12.9. The van der Waals surface area contributed by atoms with Crippen LogP contribution in [0.2, 0.25) is 0 Å². The predicted octanol–water partition coefficient (Wildman–Crippen LogP) is 2.62. The Balaban J connectivity index is 2.36. The number of hydrogen-bond donors (Lipinski definition) is 0. The van der Waals surface area contributed by atoms with Gasteiger partial charge in [-0.15, -0.1) is 0 Å². The molecule has 0 spiro atoms. The summed E-state index contributed by atoms with van der Waals surface area (Å²) >= 11 is 0. The van der Waals surface area contributed by atoms with Crippen LogP contribution in [-0.2, 0) is 9.59 Å². The Morgan fingerprint density at radius 2 is 1.16 bits per heavy atom. The minimum atomic E-state index is -0.200. The van der Waals surface area contributed by atoms with Gasteiger partial charge in [-0.2, -0.15) is 0 Å². The molecule has 0 N–H and O–H groups in total. The molecule has 1 saturated heterocycles. The molecule has 1 heterocycles. The van der Waals surface area contributed by atoms with Gasteiger partial charge in [0, 0.05) is 17.9 Å². The van der Waals surface area contributed by atoms with Crippen molar-refractivity contribution in [2.75, 3.05) is 7.05 Å². The third-order valence-electron chi connectivity index (χ3n) is 7.49. The third kappa shape index (κ3) is 0.888.